The van der Waals surface area contributed by atoms with Gasteiger partial charge in [0, 0.05) is 19.6 Å². The third kappa shape index (κ3) is 4.91. The summed E-state index contributed by atoms with van der Waals surface area (Å²) < 4.78 is 25.2. The van der Waals surface area contributed by atoms with Crippen molar-refractivity contribution in [2.75, 3.05) is 45.0 Å². The maximum absolute atomic E-state index is 11.8. The molecule has 0 atom stereocenters. The highest BCUT2D eigenvalue weighted by Gasteiger charge is 2.22. The van der Waals surface area contributed by atoms with Crippen LogP contribution in [0.3, 0.4) is 0 Å². The van der Waals surface area contributed by atoms with E-state index in [1.54, 1.807) is 11.2 Å². The molecule has 1 rings (SSSR count). The summed E-state index contributed by atoms with van der Waals surface area (Å²) >= 11 is 0. The maximum atomic E-state index is 11.8. The molecule has 5 nitrogen and oxygen atoms in total. The minimum absolute atomic E-state index is 0.209. The Morgan fingerprint density at radius 2 is 1.88 bits per heavy atom. The Labute approximate surface area is 105 Å². The molecule has 6 heteroatoms. The van der Waals surface area contributed by atoms with E-state index in [9.17, 15) is 8.42 Å². The second kappa shape index (κ2) is 7.31. The van der Waals surface area contributed by atoms with Crippen molar-refractivity contribution in [3.05, 3.63) is 0 Å². The molecule has 1 saturated heterocycles. The molecule has 0 aromatic carbocycles. The van der Waals surface area contributed by atoms with Gasteiger partial charge in [0.2, 0.25) is 10.0 Å². The second-order valence-electron chi connectivity index (χ2n) is 4.49. The van der Waals surface area contributed by atoms with E-state index in [4.69, 9.17) is 5.73 Å². The molecule has 0 aromatic rings. The zero-order chi connectivity index (χ0) is 12.7. The molecule has 17 heavy (non-hydrogen) atoms. The summed E-state index contributed by atoms with van der Waals surface area (Å²) in [6.45, 7) is 6.65. The summed E-state index contributed by atoms with van der Waals surface area (Å²) in [5, 5.41) is 0. The standard InChI is InChI=1S/C11H25N3O2S/c1-2-17(15,16)14-9-5-8-13(10-11-14)7-4-3-6-12/h2-12H2,1H3. The van der Waals surface area contributed by atoms with Gasteiger partial charge in [0.1, 0.15) is 0 Å². The summed E-state index contributed by atoms with van der Waals surface area (Å²) in [4.78, 5) is 2.35. The van der Waals surface area contributed by atoms with Gasteiger partial charge < -0.3 is 10.6 Å². The fraction of sp³-hybridized carbons (Fsp3) is 1.00. The average molecular weight is 263 g/mol. The first-order valence-corrected chi connectivity index (χ1v) is 8.11. The molecule has 0 unspecified atom stereocenters. The van der Waals surface area contributed by atoms with E-state index in [1.165, 1.54) is 0 Å². The Bertz CT molecular complexity index is 306. The van der Waals surface area contributed by atoms with Gasteiger partial charge in [-0.25, -0.2) is 12.7 Å². The van der Waals surface area contributed by atoms with E-state index in [2.05, 4.69) is 4.90 Å². The number of rotatable bonds is 6. The Morgan fingerprint density at radius 1 is 1.12 bits per heavy atom. The van der Waals surface area contributed by atoms with Crippen molar-refractivity contribution in [1.29, 1.82) is 0 Å². The van der Waals surface area contributed by atoms with E-state index in [0.717, 1.165) is 45.4 Å². The molecule has 0 aromatic heterocycles. The quantitative estimate of drug-likeness (QED) is 0.689. The van der Waals surface area contributed by atoms with Gasteiger partial charge in [0.05, 0.1) is 5.75 Å². The normalized spacial score (nSPS) is 20.4. The smallest absolute Gasteiger partial charge is 0.213 e. The van der Waals surface area contributed by atoms with Crippen LogP contribution < -0.4 is 5.73 Å². The molecule has 0 aliphatic carbocycles. The van der Waals surface area contributed by atoms with Crippen LogP contribution in [0.1, 0.15) is 26.2 Å². The first-order chi connectivity index (χ1) is 8.10. The van der Waals surface area contributed by atoms with E-state index in [1.807, 2.05) is 0 Å². The summed E-state index contributed by atoms with van der Waals surface area (Å²) in [6.07, 6.45) is 3.09. The van der Waals surface area contributed by atoms with E-state index in [-0.39, 0.29) is 5.75 Å². The topological polar surface area (TPSA) is 66.6 Å². The van der Waals surface area contributed by atoms with Crippen LogP contribution in [0.4, 0.5) is 0 Å². The minimum Gasteiger partial charge on any atom is -0.330 e. The third-order valence-electron chi connectivity index (χ3n) is 3.23. The van der Waals surface area contributed by atoms with Crippen LogP contribution in [0.5, 0.6) is 0 Å². The number of hydrogen-bond acceptors (Lipinski definition) is 4. The number of hydrogen-bond donors (Lipinski definition) is 1. The summed E-state index contributed by atoms with van der Waals surface area (Å²) in [5.74, 6) is 0.209. The zero-order valence-corrected chi connectivity index (χ0v) is 11.6. The monoisotopic (exact) mass is 263 g/mol. The highest BCUT2D eigenvalue weighted by Crippen LogP contribution is 2.09. The van der Waals surface area contributed by atoms with Crippen molar-refractivity contribution < 1.29 is 8.42 Å². The SMILES string of the molecule is CCS(=O)(=O)N1CCCN(CCCCN)CC1. The molecule has 0 radical (unpaired) electrons. The van der Waals surface area contributed by atoms with Gasteiger partial charge in [0.15, 0.2) is 0 Å². The van der Waals surface area contributed by atoms with Crippen molar-refractivity contribution in [2.45, 2.75) is 26.2 Å². The Morgan fingerprint density at radius 3 is 2.53 bits per heavy atom. The molecule has 102 valence electrons. The lowest BCUT2D eigenvalue weighted by atomic mass is 10.3. The van der Waals surface area contributed by atoms with E-state index >= 15 is 0 Å². The summed E-state index contributed by atoms with van der Waals surface area (Å²) in [6, 6.07) is 0. The maximum Gasteiger partial charge on any atom is 0.213 e. The van der Waals surface area contributed by atoms with Gasteiger partial charge in [-0.15, -0.1) is 0 Å². The zero-order valence-electron chi connectivity index (χ0n) is 10.8. The molecule has 0 spiro atoms. The molecule has 1 aliphatic heterocycles. The third-order valence-corrected chi connectivity index (χ3v) is 5.12. The molecule has 1 fully saturated rings. The average Bonchev–Trinajstić information content (AvgIpc) is 2.55. The van der Waals surface area contributed by atoms with Crippen LogP contribution in [0.15, 0.2) is 0 Å². The lowest BCUT2D eigenvalue weighted by molar-refractivity contribution is 0.281. The van der Waals surface area contributed by atoms with Crippen LogP contribution in [0, 0.1) is 0 Å². The predicted molar refractivity (Wildman–Crippen MR) is 70.4 cm³/mol. The first kappa shape index (κ1) is 14.9. The van der Waals surface area contributed by atoms with Crippen molar-refractivity contribution in [3.8, 4) is 0 Å². The molecule has 0 bridgehead atoms. The van der Waals surface area contributed by atoms with Crippen LogP contribution in [0.25, 0.3) is 0 Å². The van der Waals surface area contributed by atoms with Crippen LogP contribution >= 0.6 is 0 Å². The molecule has 0 amide bonds. The lowest BCUT2D eigenvalue weighted by Crippen LogP contribution is -2.36. The van der Waals surface area contributed by atoms with Gasteiger partial charge in [-0.3, -0.25) is 0 Å². The van der Waals surface area contributed by atoms with E-state index < -0.39 is 10.0 Å². The largest absolute Gasteiger partial charge is 0.330 e. The second-order valence-corrected chi connectivity index (χ2v) is 6.75. The molecule has 2 N–H and O–H groups in total. The first-order valence-electron chi connectivity index (χ1n) is 6.50. The molecular formula is C11H25N3O2S. The van der Waals surface area contributed by atoms with Crippen LogP contribution in [0.2, 0.25) is 0 Å². The molecule has 0 saturated carbocycles. The Hall–Kier alpha value is -0.170. The minimum atomic E-state index is -3.01. The highest BCUT2D eigenvalue weighted by molar-refractivity contribution is 7.89. The predicted octanol–water partition coefficient (Wildman–Crippen LogP) is 0.0827. The van der Waals surface area contributed by atoms with Crippen molar-refractivity contribution >= 4 is 10.0 Å². The van der Waals surface area contributed by atoms with Gasteiger partial charge in [-0.05, 0) is 45.8 Å². The lowest BCUT2D eigenvalue weighted by Gasteiger charge is -2.21. The van der Waals surface area contributed by atoms with Gasteiger partial charge in [-0.2, -0.15) is 0 Å². The number of nitrogens with two attached hydrogens (primary N) is 1. The summed E-state index contributed by atoms with van der Waals surface area (Å²) in [7, 11) is -3.01. The number of nitrogens with zero attached hydrogens (tertiary/aromatic N) is 2. The highest BCUT2D eigenvalue weighted by atomic mass is 32.2. The fourth-order valence-electron chi connectivity index (χ4n) is 2.11. The van der Waals surface area contributed by atoms with Crippen LogP contribution in [-0.4, -0.2) is 62.6 Å². The Balaban J connectivity index is 2.39. The van der Waals surface area contributed by atoms with Crippen LogP contribution in [-0.2, 0) is 10.0 Å². The van der Waals surface area contributed by atoms with Gasteiger partial charge in [-0.1, -0.05) is 0 Å². The van der Waals surface area contributed by atoms with Crippen molar-refractivity contribution in [3.63, 3.8) is 0 Å². The number of unbranched alkanes of at least 4 members (excludes halogenated alkanes) is 1. The van der Waals surface area contributed by atoms with Gasteiger partial charge >= 0.3 is 0 Å². The number of sulfonamides is 1. The molecule has 1 heterocycles. The van der Waals surface area contributed by atoms with Crippen molar-refractivity contribution in [1.82, 2.24) is 9.21 Å². The molecular weight excluding hydrogens is 238 g/mol. The van der Waals surface area contributed by atoms with E-state index in [0.29, 0.717) is 13.1 Å². The van der Waals surface area contributed by atoms with Crippen molar-refractivity contribution in [2.24, 2.45) is 5.73 Å². The Kier molecular flexibility index (Phi) is 6.40. The fourth-order valence-corrected chi connectivity index (χ4v) is 3.24. The van der Waals surface area contributed by atoms with Gasteiger partial charge in [0.25, 0.3) is 0 Å². The summed E-state index contributed by atoms with van der Waals surface area (Å²) in [5.41, 5.74) is 5.47. The molecule has 1 aliphatic rings.